The number of carbonyl (C=O) groups is 2. The van der Waals surface area contributed by atoms with Crippen molar-refractivity contribution in [1.82, 2.24) is 0 Å². The van der Waals surface area contributed by atoms with Gasteiger partial charge in [-0.3, -0.25) is 9.59 Å². The molecule has 0 aromatic heterocycles. The second-order valence-corrected chi connectivity index (χ2v) is 16.3. The molecule has 2 N–H and O–H groups in total. The first kappa shape index (κ1) is 24.1. The molecule has 6 nitrogen and oxygen atoms in total. The summed E-state index contributed by atoms with van der Waals surface area (Å²) < 4.78 is -0.449. The molecule has 2 rings (SSSR count). The molecule has 1 aliphatic heterocycles. The van der Waals surface area contributed by atoms with E-state index >= 15 is 0 Å². The fourth-order valence-corrected chi connectivity index (χ4v) is 6.28. The highest BCUT2D eigenvalue weighted by molar-refractivity contribution is 6.80. The average Bonchev–Trinajstić information content (AvgIpc) is 2.84. The maximum absolute atomic E-state index is 13.8. The quantitative estimate of drug-likeness (QED) is 0.351. The monoisotopic (exact) mass is 425 g/mol. The molecule has 0 unspecified atom stereocenters. The Morgan fingerprint density at radius 2 is 1.62 bits per heavy atom. The molecular formula is C22H39NO5Si. The molecule has 0 bridgehead atoms. The SMILES string of the molecule is CC1(C)[C@@H]([N+]2([O-])CCC(CC/C=C/[Si](C)(C)C)(C(=O)O)CC2)CC[C@@]1(C)C(=O)O. The van der Waals surface area contributed by atoms with Gasteiger partial charge in [0, 0.05) is 24.7 Å². The zero-order valence-corrected chi connectivity index (χ0v) is 20.0. The standard InChI is InChI=1S/C22H39NO5Si/c1-20(2)17(9-11-21(20,3)18(24)25)23(28)14-12-22(13-15-23,19(26)27)10-7-8-16-29(4,5)6/h8,16-17H,7,9-15H2,1-6H3,(H,24,25)(H,26,27)/b16-8+/t17-,21-,22?,23?/m0/s1. The predicted octanol–water partition coefficient (Wildman–Crippen LogP) is 4.66. The van der Waals surface area contributed by atoms with E-state index < -0.39 is 40.9 Å². The molecule has 0 radical (unpaired) electrons. The van der Waals surface area contributed by atoms with Crippen molar-refractivity contribution in [2.24, 2.45) is 16.2 Å². The number of piperidine rings is 1. The highest BCUT2D eigenvalue weighted by atomic mass is 28.3. The van der Waals surface area contributed by atoms with Gasteiger partial charge in [0.15, 0.2) is 0 Å². The highest BCUT2D eigenvalue weighted by Gasteiger charge is 2.62. The smallest absolute Gasteiger partial charge is 0.310 e. The lowest BCUT2D eigenvalue weighted by molar-refractivity contribution is -0.918. The van der Waals surface area contributed by atoms with E-state index in [0.29, 0.717) is 32.1 Å². The molecule has 1 heterocycles. The summed E-state index contributed by atoms with van der Waals surface area (Å²) in [5.74, 6) is -1.64. The Balaban J connectivity index is 2.13. The first-order valence-electron chi connectivity index (χ1n) is 10.8. The number of carboxylic acids is 2. The third-order valence-corrected chi connectivity index (χ3v) is 9.25. The number of allylic oxidation sites excluding steroid dienone is 1. The molecule has 2 aliphatic rings. The van der Waals surface area contributed by atoms with E-state index in [1.807, 2.05) is 13.8 Å². The lowest BCUT2D eigenvalue weighted by atomic mass is 9.66. The molecule has 7 heteroatoms. The van der Waals surface area contributed by atoms with Crippen LogP contribution >= 0.6 is 0 Å². The van der Waals surface area contributed by atoms with E-state index in [2.05, 4.69) is 31.4 Å². The molecule has 0 spiro atoms. The highest BCUT2D eigenvalue weighted by Crippen LogP contribution is 2.57. The van der Waals surface area contributed by atoms with Crippen LogP contribution in [0.5, 0.6) is 0 Å². The van der Waals surface area contributed by atoms with Crippen LogP contribution in [0.25, 0.3) is 0 Å². The van der Waals surface area contributed by atoms with Crippen LogP contribution < -0.4 is 0 Å². The maximum atomic E-state index is 13.8. The van der Waals surface area contributed by atoms with Crippen LogP contribution in [0.2, 0.25) is 19.6 Å². The number of aliphatic carboxylic acids is 2. The Kier molecular flexibility index (Phi) is 6.49. The number of likely N-dealkylation sites (tertiary alicyclic amines) is 1. The molecule has 0 aromatic carbocycles. The largest absolute Gasteiger partial charge is 0.633 e. The third kappa shape index (κ3) is 4.47. The summed E-state index contributed by atoms with van der Waals surface area (Å²) in [6.45, 7) is 12.8. The van der Waals surface area contributed by atoms with Gasteiger partial charge in [-0.1, -0.05) is 45.3 Å². The van der Waals surface area contributed by atoms with Crippen molar-refractivity contribution < 1.29 is 24.4 Å². The Morgan fingerprint density at radius 1 is 1.07 bits per heavy atom. The van der Waals surface area contributed by atoms with Crippen molar-refractivity contribution in [2.75, 3.05) is 13.1 Å². The number of hydroxylamine groups is 3. The van der Waals surface area contributed by atoms with Crippen LogP contribution in [-0.4, -0.2) is 54.0 Å². The Bertz CT molecular complexity index is 673. The summed E-state index contributed by atoms with van der Waals surface area (Å²) >= 11 is 0. The first-order chi connectivity index (χ1) is 13.1. The van der Waals surface area contributed by atoms with Crippen molar-refractivity contribution in [3.05, 3.63) is 17.0 Å². The number of quaternary nitrogens is 1. The van der Waals surface area contributed by atoms with Gasteiger partial charge in [0.05, 0.1) is 38.0 Å². The zero-order valence-electron chi connectivity index (χ0n) is 19.0. The summed E-state index contributed by atoms with van der Waals surface area (Å²) in [7, 11) is -1.30. The van der Waals surface area contributed by atoms with Gasteiger partial charge in [0.1, 0.15) is 0 Å². The molecule has 2 atom stereocenters. The number of hydrogen-bond donors (Lipinski definition) is 2. The van der Waals surface area contributed by atoms with Crippen LogP contribution in [0.3, 0.4) is 0 Å². The van der Waals surface area contributed by atoms with Crippen molar-refractivity contribution in [3.63, 3.8) is 0 Å². The van der Waals surface area contributed by atoms with Gasteiger partial charge >= 0.3 is 11.9 Å². The average molecular weight is 426 g/mol. The summed E-state index contributed by atoms with van der Waals surface area (Å²) in [5.41, 5.74) is -0.151. The van der Waals surface area contributed by atoms with E-state index in [-0.39, 0.29) is 19.1 Å². The molecular weight excluding hydrogens is 386 g/mol. The van der Waals surface area contributed by atoms with Gasteiger partial charge in [-0.05, 0) is 26.2 Å². The van der Waals surface area contributed by atoms with Crippen molar-refractivity contribution >= 4 is 20.0 Å². The van der Waals surface area contributed by atoms with Gasteiger partial charge in [-0.15, -0.1) is 0 Å². The minimum Gasteiger partial charge on any atom is -0.633 e. The van der Waals surface area contributed by atoms with Gasteiger partial charge in [-0.25, -0.2) is 0 Å². The van der Waals surface area contributed by atoms with Crippen LogP contribution in [-0.2, 0) is 9.59 Å². The first-order valence-corrected chi connectivity index (χ1v) is 14.4. The van der Waals surface area contributed by atoms with Gasteiger partial charge in [-0.2, -0.15) is 0 Å². The normalized spacial score (nSPS) is 37.7. The molecule has 166 valence electrons. The summed E-state index contributed by atoms with van der Waals surface area (Å²) in [6, 6.07) is -0.304. The fourth-order valence-electron chi connectivity index (χ4n) is 5.40. The van der Waals surface area contributed by atoms with Crippen LogP contribution in [0.1, 0.15) is 59.3 Å². The number of carboxylic acid groups (broad SMARTS) is 2. The maximum Gasteiger partial charge on any atom is 0.310 e. The van der Waals surface area contributed by atoms with Crippen molar-refractivity contribution in [1.29, 1.82) is 0 Å². The second-order valence-electron chi connectivity index (χ2n) is 11.2. The summed E-state index contributed by atoms with van der Waals surface area (Å²) in [4.78, 5) is 24.0. The lowest BCUT2D eigenvalue weighted by Crippen LogP contribution is -2.62. The predicted molar refractivity (Wildman–Crippen MR) is 117 cm³/mol. The number of rotatable bonds is 7. The molecule has 1 saturated carbocycles. The van der Waals surface area contributed by atoms with E-state index in [1.54, 1.807) is 6.92 Å². The van der Waals surface area contributed by atoms with E-state index in [9.17, 15) is 25.0 Å². The molecule has 29 heavy (non-hydrogen) atoms. The third-order valence-electron chi connectivity index (χ3n) is 8.01. The van der Waals surface area contributed by atoms with Gasteiger partial charge < -0.3 is 20.1 Å². The summed E-state index contributed by atoms with van der Waals surface area (Å²) in [6.07, 6.45) is 5.20. The van der Waals surface area contributed by atoms with Gasteiger partial charge in [0.2, 0.25) is 0 Å². The lowest BCUT2D eigenvalue weighted by Gasteiger charge is -2.57. The number of hydrogen-bond acceptors (Lipinski definition) is 3. The van der Waals surface area contributed by atoms with E-state index in [4.69, 9.17) is 0 Å². The molecule has 0 aromatic rings. The Morgan fingerprint density at radius 3 is 2.03 bits per heavy atom. The Hall–Kier alpha value is -1.18. The fraction of sp³-hybridized carbons (Fsp3) is 0.818. The zero-order chi connectivity index (χ0) is 22.3. The van der Waals surface area contributed by atoms with Gasteiger partial charge in [0.25, 0.3) is 0 Å². The molecule has 1 saturated heterocycles. The van der Waals surface area contributed by atoms with Crippen LogP contribution in [0.15, 0.2) is 11.8 Å². The molecule has 1 aliphatic carbocycles. The van der Waals surface area contributed by atoms with Crippen molar-refractivity contribution in [2.45, 2.75) is 85.0 Å². The van der Waals surface area contributed by atoms with Crippen LogP contribution in [0, 0.1) is 21.5 Å². The molecule has 0 amide bonds. The van der Waals surface area contributed by atoms with Crippen molar-refractivity contribution in [3.8, 4) is 0 Å². The second kappa shape index (κ2) is 7.82. The van der Waals surface area contributed by atoms with Crippen LogP contribution in [0.4, 0.5) is 0 Å². The minimum absolute atomic E-state index is 0.258. The molecule has 2 fully saturated rings. The van der Waals surface area contributed by atoms with E-state index in [0.717, 1.165) is 6.42 Å². The minimum atomic E-state index is -1.30. The Labute approximate surface area is 176 Å². The summed E-state index contributed by atoms with van der Waals surface area (Å²) in [5, 5.41) is 33.5. The topological polar surface area (TPSA) is 97.7 Å². The van der Waals surface area contributed by atoms with E-state index in [1.165, 1.54) is 0 Å². The number of nitrogens with zero attached hydrogens (tertiary/aromatic N) is 1.